The predicted octanol–water partition coefficient (Wildman–Crippen LogP) is 2.62. The summed E-state index contributed by atoms with van der Waals surface area (Å²) >= 11 is 5.85. The minimum atomic E-state index is -0.515. The fraction of sp³-hybridized carbons (Fsp3) is 0.0833. The molecule has 3 heterocycles. The van der Waals surface area contributed by atoms with E-state index in [9.17, 15) is 4.39 Å². The molecule has 0 saturated heterocycles. The Morgan fingerprint density at radius 3 is 2.94 bits per heavy atom. The van der Waals surface area contributed by atoms with Crippen molar-refractivity contribution in [3.63, 3.8) is 0 Å². The van der Waals surface area contributed by atoms with Gasteiger partial charge in [0.25, 0.3) is 0 Å². The number of hydrogen-bond acceptors (Lipinski definition) is 3. The molecule has 0 fully saturated rings. The lowest BCUT2D eigenvalue weighted by atomic mass is 10.0. The Labute approximate surface area is 102 Å². The molecule has 0 saturated carbocycles. The van der Waals surface area contributed by atoms with Crippen molar-refractivity contribution in [2.75, 3.05) is 0 Å². The number of halogens is 2. The monoisotopic (exact) mass is 247 g/mol. The molecule has 0 bridgehead atoms. The molecule has 5 heteroatoms. The zero-order valence-electron chi connectivity index (χ0n) is 8.69. The highest BCUT2D eigenvalue weighted by atomic mass is 35.5. The van der Waals surface area contributed by atoms with Crippen LogP contribution < -0.4 is 0 Å². The largest absolute Gasteiger partial charge is 0.279 e. The second kappa shape index (κ2) is 3.89. The topological polar surface area (TPSA) is 38.1 Å². The van der Waals surface area contributed by atoms with E-state index in [1.807, 2.05) is 0 Å². The fourth-order valence-electron chi connectivity index (χ4n) is 1.85. The quantitative estimate of drug-likeness (QED) is 0.727. The van der Waals surface area contributed by atoms with Gasteiger partial charge >= 0.3 is 0 Å². The van der Waals surface area contributed by atoms with Crippen LogP contribution in [0.3, 0.4) is 0 Å². The minimum Gasteiger partial charge on any atom is -0.279 e. The van der Waals surface area contributed by atoms with Crippen molar-refractivity contribution >= 4 is 17.3 Å². The van der Waals surface area contributed by atoms with Crippen LogP contribution in [-0.4, -0.2) is 15.7 Å². The van der Waals surface area contributed by atoms with Gasteiger partial charge in [0.15, 0.2) is 0 Å². The number of aliphatic imine (C=N–C) groups is 1. The van der Waals surface area contributed by atoms with Crippen LogP contribution in [0.1, 0.15) is 16.7 Å². The van der Waals surface area contributed by atoms with Gasteiger partial charge in [-0.1, -0.05) is 11.6 Å². The number of fused-ring (bicyclic) bond motifs is 1. The Morgan fingerprint density at radius 1 is 1.24 bits per heavy atom. The van der Waals surface area contributed by atoms with Crippen LogP contribution in [0.25, 0.3) is 0 Å². The first-order valence-electron chi connectivity index (χ1n) is 5.05. The highest BCUT2D eigenvalue weighted by Crippen LogP contribution is 2.24. The van der Waals surface area contributed by atoms with Crippen LogP contribution in [0, 0.1) is 5.95 Å². The second-order valence-electron chi connectivity index (χ2n) is 3.70. The van der Waals surface area contributed by atoms with E-state index >= 15 is 0 Å². The summed E-state index contributed by atoms with van der Waals surface area (Å²) in [5, 5.41) is 0.410. The zero-order chi connectivity index (χ0) is 11.8. The van der Waals surface area contributed by atoms with Crippen LogP contribution in [-0.2, 0) is 6.54 Å². The average Bonchev–Trinajstić information content (AvgIpc) is 2.71. The van der Waals surface area contributed by atoms with E-state index < -0.39 is 5.95 Å². The number of pyridine rings is 2. The summed E-state index contributed by atoms with van der Waals surface area (Å²) in [5.74, 6) is -0.515. The van der Waals surface area contributed by atoms with E-state index in [-0.39, 0.29) is 0 Å². The molecule has 1 aliphatic heterocycles. The Kier molecular flexibility index (Phi) is 2.37. The maximum Gasteiger partial charge on any atom is 0.213 e. The third-order valence-corrected chi connectivity index (χ3v) is 2.82. The van der Waals surface area contributed by atoms with Crippen molar-refractivity contribution in [1.29, 1.82) is 0 Å². The van der Waals surface area contributed by atoms with Crippen molar-refractivity contribution in [3.8, 4) is 0 Å². The number of hydrogen-bond donors (Lipinski definition) is 0. The van der Waals surface area contributed by atoms with Crippen molar-refractivity contribution in [1.82, 2.24) is 9.97 Å². The minimum absolute atomic E-state index is 0.410. The third kappa shape index (κ3) is 1.80. The number of rotatable bonds is 1. The van der Waals surface area contributed by atoms with Crippen LogP contribution in [0.2, 0.25) is 5.15 Å². The molecule has 3 rings (SSSR count). The normalized spacial score (nSPS) is 13.4. The van der Waals surface area contributed by atoms with E-state index in [1.165, 1.54) is 12.3 Å². The first-order chi connectivity index (χ1) is 8.24. The Bertz CT molecular complexity index is 625. The first-order valence-corrected chi connectivity index (χ1v) is 5.43. The van der Waals surface area contributed by atoms with E-state index in [0.717, 1.165) is 16.8 Å². The van der Waals surface area contributed by atoms with Gasteiger partial charge in [-0.15, -0.1) is 0 Å². The zero-order valence-corrected chi connectivity index (χ0v) is 9.45. The van der Waals surface area contributed by atoms with E-state index in [1.54, 1.807) is 18.3 Å². The van der Waals surface area contributed by atoms with Crippen molar-refractivity contribution < 1.29 is 4.39 Å². The SMILES string of the molecule is Fc1cc(C2=NCc3cnc(Cl)cc32)ccn1. The van der Waals surface area contributed by atoms with Crippen molar-refractivity contribution in [2.45, 2.75) is 6.54 Å². The van der Waals surface area contributed by atoms with Gasteiger partial charge in [0.2, 0.25) is 5.95 Å². The molecule has 0 spiro atoms. The van der Waals surface area contributed by atoms with E-state index in [2.05, 4.69) is 15.0 Å². The molecule has 2 aromatic heterocycles. The molecule has 0 atom stereocenters. The lowest BCUT2D eigenvalue weighted by molar-refractivity contribution is 0.583. The number of nitrogens with zero attached hydrogens (tertiary/aromatic N) is 3. The van der Waals surface area contributed by atoms with E-state index in [0.29, 0.717) is 17.3 Å². The van der Waals surface area contributed by atoms with Gasteiger partial charge in [-0.2, -0.15) is 4.39 Å². The fourth-order valence-corrected chi connectivity index (χ4v) is 2.01. The molecule has 1 aliphatic rings. The molecule has 84 valence electrons. The lowest BCUT2D eigenvalue weighted by Crippen LogP contribution is -2.02. The van der Waals surface area contributed by atoms with Gasteiger partial charge in [0.1, 0.15) is 5.15 Å². The molecule has 0 aromatic carbocycles. The third-order valence-electron chi connectivity index (χ3n) is 2.62. The Balaban J connectivity index is 2.12. The van der Waals surface area contributed by atoms with Crippen LogP contribution in [0.15, 0.2) is 35.6 Å². The molecule has 0 radical (unpaired) electrons. The Hall–Kier alpha value is -1.81. The van der Waals surface area contributed by atoms with Gasteiger partial charge < -0.3 is 0 Å². The molecule has 0 amide bonds. The van der Waals surface area contributed by atoms with Crippen molar-refractivity contribution in [2.24, 2.45) is 4.99 Å². The molecule has 17 heavy (non-hydrogen) atoms. The molecule has 2 aromatic rings. The first kappa shape index (κ1) is 10.4. The summed E-state index contributed by atoms with van der Waals surface area (Å²) in [4.78, 5) is 11.9. The van der Waals surface area contributed by atoms with Gasteiger partial charge in [-0.25, -0.2) is 9.97 Å². The summed E-state index contributed by atoms with van der Waals surface area (Å²) in [6.07, 6.45) is 3.12. The standard InChI is InChI=1S/C12H7ClFN3/c13-10-4-9-8(5-16-10)6-17-12(9)7-1-2-15-11(14)3-7/h1-5H,6H2. The highest BCUT2D eigenvalue weighted by Gasteiger charge is 2.18. The molecular formula is C12H7ClFN3. The molecule has 0 unspecified atom stereocenters. The predicted molar refractivity (Wildman–Crippen MR) is 62.8 cm³/mol. The van der Waals surface area contributed by atoms with Gasteiger partial charge in [-0.3, -0.25) is 4.99 Å². The van der Waals surface area contributed by atoms with Gasteiger partial charge in [0, 0.05) is 35.2 Å². The molecular weight excluding hydrogens is 241 g/mol. The summed E-state index contributed by atoms with van der Waals surface area (Å²) < 4.78 is 13.1. The second-order valence-corrected chi connectivity index (χ2v) is 4.08. The maximum absolute atomic E-state index is 13.1. The van der Waals surface area contributed by atoms with Crippen molar-refractivity contribution in [3.05, 3.63) is 58.4 Å². The van der Waals surface area contributed by atoms with Crippen LogP contribution in [0.5, 0.6) is 0 Å². The van der Waals surface area contributed by atoms with E-state index in [4.69, 9.17) is 11.6 Å². The summed E-state index contributed by atoms with van der Waals surface area (Å²) in [7, 11) is 0. The van der Waals surface area contributed by atoms with Crippen LogP contribution in [0.4, 0.5) is 4.39 Å². The smallest absolute Gasteiger partial charge is 0.213 e. The number of aromatic nitrogens is 2. The summed E-state index contributed by atoms with van der Waals surface area (Å²) in [6.45, 7) is 0.554. The summed E-state index contributed by atoms with van der Waals surface area (Å²) in [5.41, 5.74) is 3.36. The molecule has 3 nitrogen and oxygen atoms in total. The van der Waals surface area contributed by atoms with Gasteiger partial charge in [0.05, 0.1) is 12.3 Å². The summed E-state index contributed by atoms with van der Waals surface area (Å²) in [6, 6.07) is 4.84. The van der Waals surface area contributed by atoms with Crippen LogP contribution >= 0.6 is 11.6 Å². The highest BCUT2D eigenvalue weighted by molar-refractivity contribution is 6.30. The molecule has 0 aliphatic carbocycles. The molecule has 0 N–H and O–H groups in total. The van der Waals surface area contributed by atoms with Gasteiger partial charge in [-0.05, 0) is 12.1 Å². The average molecular weight is 248 g/mol. The Morgan fingerprint density at radius 2 is 2.12 bits per heavy atom. The maximum atomic E-state index is 13.1. The lowest BCUT2D eigenvalue weighted by Gasteiger charge is -2.03.